The second-order valence-electron chi connectivity index (χ2n) is 5.15. The first-order chi connectivity index (χ1) is 8.73. The number of anilines is 1. The molecule has 0 N–H and O–H groups in total. The number of carbonyl (C=O) groups excluding carboxylic acids is 1. The Bertz CT molecular complexity index is 508. The van der Waals surface area contributed by atoms with E-state index in [9.17, 15) is 18.0 Å². The smallest absolute Gasteiger partial charge is 0.368 e. The minimum absolute atomic E-state index is 0.0617. The predicted molar refractivity (Wildman–Crippen MR) is 67.3 cm³/mol. The Labute approximate surface area is 110 Å². The number of halogens is 3. The van der Waals surface area contributed by atoms with Gasteiger partial charge in [0.1, 0.15) is 5.78 Å². The molecule has 0 aromatic heterocycles. The molecule has 1 aliphatic rings. The molecule has 1 aliphatic heterocycles. The van der Waals surface area contributed by atoms with Gasteiger partial charge in [-0.25, -0.2) is 0 Å². The van der Waals surface area contributed by atoms with Crippen molar-refractivity contribution in [3.05, 3.63) is 29.3 Å². The second-order valence-corrected chi connectivity index (χ2v) is 5.15. The normalized spacial score (nSPS) is 18.9. The van der Waals surface area contributed by atoms with Crippen LogP contribution < -0.4 is 4.90 Å². The van der Waals surface area contributed by atoms with E-state index in [2.05, 4.69) is 0 Å². The third-order valence-corrected chi connectivity index (χ3v) is 3.54. The molecule has 1 heterocycles. The molecule has 0 fully saturated rings. The van der Waals surface area contributed by atoms with Crippen molar-refractivity contribution < 1.29 is 18.0 Å². The number of hydrogen-bond acceptors (Lipinski definition) is 2. The Morgan fingerprint density at radius 3 is 2.47 bits per heavy atom. The summed E-state index contributed by atoms with van der Waals surface area (Å²) in [6.07, 6.45) is -4.42. The van der Waals surface area contributed by atoms with Crippen LogP contribution in [0.3, 0.4) is 0 Å². The molecule has 1 unspecified atom stereocenters. The summed E-state index contributed by atoms with van der Waals surface area (Å²) in [5.41, 5.74) is -0.0189. The number of hydrogen-bond donors (Lipinski definition) is 0. The molecule has 1 aromatic carbocycles. The Morgan fingerprint density at radius 2 is 2.00 bits per heavy atom. The first kappa shape index (κ1) is 13.9. The van der Waals surface area contributed by atoms with Crippen molar-refractivity contribution in [3.63, 3.8) is 0 Å². The Hall–Kier alpha value is -1.52. The van der Waals surface area contributed by atoms with Crippen molar-refractivity contribution in [1.29, 1.82) is 0 Å². The molecular weight excluding hydrogens is 255 g/mol. The zero-order chi connectivity index (χ0) is 14.4. The third kappa shape index (κ3) is 2.33. The van der Waals surface area contributed by atoms with Crippen molar-refractivity contribution >= 4 is 11.5 Å². The summed E-state index contributed by atoms with van der Waals surface area (Å²) in [5.74, 6) is -0.906. The molecule has 0 aliphatic carbocycles. The molecule has 0 saturated carbocycles. The summed E-state index contributed by atoms with van der Waals surface area (Å²) in [4.78, 5) is 13.5. The van der Waals surface area contributed by atoms with Crippen LogP contribution in [0.25, 0.3) is 0 Å². The van der Waals surface area contributed by atoms with E-state index in [1.54, 1.807) is 6.07 Å². The third-order valence-electron chi connectivity index (χ3n) is 3.54. The van der Waals surface area contributed by atoms with E-state index in [1.807, 2.05) is 18.7 Å². The molecular formula is C14H16F3NO. The average Bonchev–Trinajstić information content (AvgIpc) is 2.66. The fourth-order valence-electron chi connectivity index (χ4n) is 2.62. The van der Waals surface area contributed by atoms with Gasteiger partial charge in [-0.2, -0.15) is 13.2 Å². The van der Waals surface area contributed by atoms with Gasteiger partial charge in [0.25, 0.3) is 0 Å². The van der Waals surface area contributed by atoms with Gasteiger partial charge in [-0.05, 0) is 38.5 Å². The molecule has 19 heavy (non-hydrogen) atoms. The minimum atomic E-state index is -4.42. The maximum Gasteiger partial charge on any atom is 0.416 e. The quantitative estimate of drug-likeness (QED) is 0.819. The summed E-state index contributed by atoms with van der Waals surface area (Å²) in [6, 6.07) is 4.18. The highest BCUT2D eigenvalue weighted by Crippen LogP contribution is 2.45. The van der Waals surface area contributed by atoms with Crippen LogP contribution in [-0.4, -0.2) is 18.4 Å². The van der Waals surface area contributed by atoms with Gasteiger partial charge in [0, 0.05) is 18.3 Å². The van der Waals surface area contributed by atoms with E-state index < -0.39 is 17.7 Å². The maximum absolute atomic E-state index is 13.1. The number of Topliss-reactive ketones (excluding diaryl/α,β-unsaturated/α-hetero) is 1. The molecule has 0 saturated heterocycles. The zero-order valence-corrected chi connectivity index (χ0v) is 11.1. The van der Waals surface area contributed by atoms with E-state index in [0.717, 1.165) is 6.07 Å². The highest BCUT2D eigenvalue weighted by atomic mass is 19.4. The van der Waals surface area contributed by atoms with Crippen molar-refractivity contribution in [2.75, 3.05) is 11.4 Å². The molecule has 2 rings (SSSR count). The van der Waals surface area contributed by atoms with Crippen molar-refractivity contribution in [2.24, 2.45) is 0 Å². The Kier molecular flexibility index (Phi) is 3.32. The monoisotopic (exact) mass is 271 g/mol. The number of alkyl halides is 3. The maximum atomic E-state index is 13.1. The van der Waals surface area contributed by atoms with E-state index in [1.165, 1.54) is 13.0 Å². The van der Waals surface area contributed by atoms with E-state index in [0.29, 0.717) is 12.2 Å². The van der Waals surface area contributed by atoms with Crippen LogP contribution in [-0.2, 0) is 11.0 Å². The fourth-order valence-corrected chi connectivity index (χ4v) is 2.62. The molecule has 104 valence electrons. The summed E-state index contributed by atoms with van der Waals surface area (Å²) >= 11 is 0. The second kappa shape index (κ2) is 4.54. The first-order valence-corrected chi connectivity index (χ1v) is 6.20. The first-order valence-electron chi connectivity index (χ1n) is 6.20. The topological polar surface area (TPSA) is 20.3 Å². The molecule has 5 heteroatoms. The van der Waals surface area contributed by atoms with Gasteiger partial charge in [0.2, 0.25) is 0 Å². The SMILES string of the molecule is CC(=O)C1CN(C(C)C)c2cccc(C(F)(F)F)c21. The highest BCUT2D eigenvalue weighted by molar-refractivity contribution is 5.89. The number of rotatable bonds is 2. The lowest BCUT2D eigenvalue weighted by atomic mass is 9.93. The van der Waals surface area contributed by atoms with Gasteiger partial charge in [-0.1, -0.05) is 6.07 Å². The molecule has 2 nitrogen and oxygen atoms in total. The van der Waals surface area contributed by atoms with E-state index >= 15 is 0 Å². The lowest BCUT2D eigenvalue weighted by Gasteiger charge is -2.24. The lowest BCUT2D eigenvalue weighted by Crippen LogP contribution is -2.30. The highest BCUT2D eigenvalue weighted by Gasteiger charge is 2.42. The number of fused-ring (bicyclic) bond motifs is 1. The van der Waals surface area contributed by atoms with Gasteiger partial charge >= 0.3 is 6.18 Å². The van der Waals surface area contributed by atoms with Crippen LogP contribution in [0.2, 0.25) is 0 Å². The van der Waals surface area contributed by atoms with Gasteiger partial charge in [0.05, 0.1) is 11.5 Å². The van der Waals surface area contributed by atoms with Crippen LogP contribution in [0.1, 0.15) is 37.8 Å². The van der Waals surface area contributed by atoms with Gasteiger partial charge < -0.3 is 4.90 Å². The molecule has 0 amide bonds. The summed E-state index contributed by atoms with van der Waals surface area (Å²) in [6.45, 7) is 5.50. The van der Waals surface area contributed by atoms with Crippen LogP contribution in [0.4, 0.5) is 18.9 Å². The number of carbonyl (C=O) groups is 1. The molecule has 1 aromatic rings. The fraction of sp³-hybridized carbons (Fsp3) is 0.500. The largest absolute Gasteiger partial charge is 0.416 e. The number of benzene rings is 1. The van der Waals surface area contributed by atoms with Crippen molar-refractivity contribution in [1.82, 2.24) is 0 Å². The lowest BCUT2D eigenvalue weighted by molar-refractivity contribution is -0.138. The summed E-state index contributed by atoms with van der Waals surface area (Å²) < 4.78 is 39.2. The van der Waals surface area contributed by atoms with E-state index in [4.69, 9.17) is 0 Å². The van der Waals surface area contributed by atoms with Gasteiger partial charge in [0.15, 0.2) is 0 Å². The molecule has 0 radical (unpaired) electrons. The van der Waals surface area contributed by atoms with Crippen LogP contribution in [0, 0.1) is 0 Å². The summed E-state index contributed by atoms with van der Waals surface area (Å²) in [7, 11) is 0. The van der Waals surface area contributed by atoms with Crippen molar-refractivity contribution in [2.45, 2.75) is 38.9 Å². The van der Waals surface area contributed by atoms with E-state index in [-0.39, 0.29) is 17.4 Å². The summed E-state index contributed by atoms with van der Waals surface area (Å²) in [5, 5.41) is 0. The Morgan fingerprint density at radius 1 is 1.37 bits per heavy atom. The number of nitrogens with zero attached hydrogens (tertiary/aromatic N) is 1. The Balaban J connectivity index is 2.63. The predicted octanol–water partition coefficient (Wildman–Crippen LogP) is 3.61. The molecule has 0 spiro atoms. The number of ketones is 1. The zero-order valence-electron chi connectivity index (χ0n) is 11.1. The van der Waals surface area contributed by atoms with Gasteiger partial charge in [-0.3, -0.25) is 4.79 Å². The van der Waals surface area contributed by atoms with Crippen LogP contribution in [0.15, 0.2) is 18.2 Å². The van der Waals surface area contributed by atoms with Gasteiger partial charge in [-0.15, -0.1) is 0 Å². The average molecular weight is 271 g/mol. The molecule has 0 bridgehead atoms. The minimum Gasteiger partial charge on any atom is -0.368 e. The van der Waals surface area contributed by atoms with Crippen LogP contribution in [0.5, 0.6) is 0 Å². The standard InChI is InChI=1S/C14H16F3NO/c1-8(2)18-7-10(9(3)19)13-11(14(15,16)17)5-4-6-12(13)18/h4-6,8,10H,7H2,1-3H3. The van der Waals surface area contributed by atoms with Crippen LogP contribution >= 0.6 is 0 Å². The molecule has 1 atom stereocenters. The van der Waals surface area contributed by atoms with Crippen molar-refractivity contribution in [3.8, 4) is 0 Å².